The van der Waals surface area contributed by atoms with Crippen molar-refractivity contribution in [3.8, 4) is 0 Å². The van der Waals surface area contributed by atoms with E-state index < -0.39 is 23.6 Å². The average Bonchev–Trinajstić information content (AvgIpc) is 3.11. The third kappa shape index (κ3) is 5.44. The molecule has 3 rings (SSSR count). The van der Waals surface area contributed by atoms with Crippen LogP contribution in [0.5, 0.6) is 0 Å². The van der Waals surface area contributed by atoms with Crippen molar-refractivity contribution in [1.82, 2.24) is 14.9 Å². The van der Waals surface area contributed by atoms with Crippen molar-refractivity contribution in [1.29, 1.82) is 0 Å². The summed E-state index contributed by atoms with van der Waals surface area (Å²) in [6.45, 7) is 1.61. The van der Waals surface area contributed by atoms with Crippen LogP contribution < -0.4 is 10.6 Å². The number of aryl methyl sites for hydroxylation is 1. The molecule has 0 bridgehead atoms. The number of rotatable bonds is 7. The number of nitrogens with one attached hydrogen (secondary N) is 2. The lowest BCUT2D eigenvalue weighted by molar-refractivity contribution is -0.113. The topological polar surface area (TPSA) is 76.0 Å². The van der Waals surface area contributed by atoms with Crippen LogP contribution >= 0.6 is 11.8 Å². The summed E-state index contributed by atoms with van der Waals surface area (Å²) >= 11 is 1.32. The fraction of sp³-hybridized carbons (Fsp3) is 0.190. The van der Waals surface area contributed by atoms with E-state index in [4.69, 9.17) is 0 Å². The average molecular weight is 430 g/mol. The summed E-state index contributed by atoms with van der Waals surface area (Å²) in [6, 6.07) is 8.93. The number of carbonyl (C=O) groups is 2. The zero-order valence-corrected chi connectivity index (χ0v) is 17.2. The third-order valence-electron chi connectivity index (χ3n) is 4.32. The summed E-state index contributed by atoms with van der Waals surface area (Å²) in [4.78, 5) is 28.6. The van der Waals surface area contributed by atoms with E-state index in [0.29, 0.717) is 11.3 Å². The minimum absolute atomic E-state index is 0.193. The van der Waals surface area contributed by atoms with Gasteiger partial charge in [0, 0.05) is 42.3 Å². The summed E-state index contributed by atoms with van der Waals surface area (Å²) in [5.41, 5.74) is 1.10. The lowest BCUT2D eigenvalue weighted by Crippen LogP contribution is -2.27. The standard InChI is InChI=1S/C21H20F2N4O2S/c1-13(17-8-5-15(22)11-18(17)23)25-20(29)14-3-6-16(7-4-14)26-19(28)12-30-21-24-9-10-27(21)2/h3-11,13H,12H2,1-2H3,(H,25,29)(H,26,28)/t13-/m1/s1. The lowest BCUT2D eigenvalue weighted by Gasteiger charge is -2.15. The van der Waals surface area contributed by atoms with E-state index in [2.05, 4.69) is 15.6 Å². The van der Waals surface area contributed by atoms with Crippen molar-refractivity contribution in [3.05, 3.63) is 77.6 Å². The van der Waals surface area contributed by atoms with Crippen LogP contribution in [0.4, 0.5) is 14.5 Å². The molecule has 0 unspecified atom stereocenters. The fourth-order valence-corrected chi connectivity index (χ4v) is 3.47. The molecular formula is C21H20F2N4O2S. The van der Waals surface area contributed by atoms with Gasteiger partial charge in [-0.05, 0) is 37.3 Å². The maximum atomic E-state index is 13.9. The first-order valence-corrected chi connectivity index (χ1v) is 10.1. The maximum absolute atomic E-state index is 13.9. The van der Waals surface area contributed by atoms with Gasteiger partial charge in [-0.3, -0.25) is 9.59 Å². The molecule has 2 amide bonds. The molecule has 1 aromatic heterocycles. The number of hydrogen-bond acceptors (Lipinski definition) is 4. The van der Waals surface area contributed by atoms with Gasteiger partial charge >= 0.3 is 0 Å². The second kappa shape index (κ2) is 9.53. The van der Waals surface area contributed by atoms with Crippen molar-refractivity contribution in [2.45, 2.75) is 18.1 Å². The van der Waals surface area contributed by atoms with Crippen molar-refractivity contribution < 1.29 is 18.4 Å². The van der Waals surface area contributed by atoms with E-state index >= 15 is 0 Å². The molecule has 3 aromatic rings. The van der Waals surface area contributed by atoms with Crippen molar-refractivity contribution in [2.75, 3.05) is 11.1 Å². The van der Waals surface area contributed by atoms with Gasteiger partial charge in [0.25, 0.3) is 5.91 Å². The van der Waals surface area contributed by atoms with Gasteiger partial charge in [-0.1, -0.05) is 17.8 Å². The molecule has 1 heterocycles. The van der Waals surface area contributed by atoms with Gasteiger partial charge < -0.3 is 15.2 Å². The summed E-state index contributed by atoms with van der Waals surface area (Å²) in [6.07, 6.45) is 3.46. The highest BCUT2D eigenvalue weighted by atomic mass is 32.2. The molecule has 0 aliphatic heterocycles. The number of imidazole rings is 1. The number of anilines is 1. The zero-order valence-electron chi connectivity index (χ0n) is 16.4. The Balaban J connectivity index is 1.54. The van der Waals surface area contributed by atoms with Gasteiger partial charge in [0.05, 0.1) is 11.8 Å². The van der Waals surface area contributed by atoms with Gasteiger partial charge in [-0.15, -0.1) is 0 Å². The van der Waals surface area contributed by atoms with Gasteiger partial charge in [0.15, 0.2) is 5.16 Å². The number of nitrogens with zero attached hydrogens (tertiary/aromatic N) is 2. The highest BCUT2D eigenvalue weighted by molar-refractivity contribution is 7.99. The minimum Gasteiger partial charge on any atom is -0.345 e. The maximum Gasteiger partial charge on any atom is 0.251 e. The summed E-state index contributed by atoms with van der Waals surface area (Å²) in [5, 5.41) is 6.17. The SMILES string of the molecule is C[C@@H](NC(=O)c1ccc(NC(=O)CSc2nccn2C)cc1)c1ccc(F)cc1F. The van der Waals surface area contributed by atoms with E-state index in [9.17, 15) is 18.4 Å². The molecule has 0 aliphatic carbocycles. The lowest BCUT2D eigenvalue weighted by atomic mass is 10.1. The molecule has 6 nitrogen and oxygen atoms in total. The van der Waals surface area contributed by atoms with Crippen LogP contribution in [0.3, 0.4) is 0 Å². The predicted octanol–water partition coefficient (Wildman–Crippen LogP) is 3.92. The number of benzene rings is 2. The van der Waals surface area contributed by atoms with Crippen molar-refractivity contribution in [2.24, 2.45) is 7.05 Å². The summed E-state index contributed by atoms with van der Waals surface area (Å²) in [5.74, 6) is -1.79. The Morgan fingerprint density at radius 2 is 1.90 bits per heavy atom. The first kappa shape index (κ1) is 21.5. The molecule has 0 spiro atoms. The molecule has 0 saturated carbocycles. The molecule has 0 aliphatic rings. The highest BCUT2D eigenvalue weighted by Gasteiger charge is 2.15. The van der Waals surface area contributed by atoms with Crippen LogP contribution in [0.15, 0.2) is 60.0 Å². The van der Waals surface area contributed by atoms with Gasteiger partial charge in [-0.25, -0.2) is 13.8 Å². The molecule has 2 N–H and O–H groups in total. The van der Waals surface area contributed by atoms with Gasteiger partial charge in [0.2, 0.25) is 5.91 Å². The normalized spacial score (nSPS) is 11.7. The summed E-state index contributed by atoms with van der Waals surface area (Å²) in [7, 11) is 1.85. The van der Waals surface area contributed by atoms with Crippen LogP contribution in [0.25, 0.3) is 0 Å². The van der Waals surface area contributed by atoms with E-state index in [0.717, 1.165) is 17.3 Å². The quantitative estimate of drug-likeness (QED) is 0.557. The van der Waals surface area contributed by atoms with E-state index in [-0.39, 0.29) is 17.2 Å². The Kier molecular flexibility index (Phi) is 6.83. The first-order chi connectivity index (χ1) is 14.3. The van der Waals surface area contributed by atoms with Crippen molar-refractivity contribution in [3.63, 3.8) is 0 Å². The second-order valence-electron chi connectivity index (χ2n) is 6.60. The third-order valence-corrected chi connectivity index (χ3v) is 5.37. The Morgan fingerprint density at radius 1 is 1.17 bits per heavy atom. The van der Waals surface area contributed by atoms with Gasteiger partial charge in [-0.2, -0.15) is 0 Å². The fourth-order valence-electron chi connectivity index (χ4n) is 2.73. The van der Waals surface area contributed by atoms with Gasteiger partial charge in [0.1, 0.15) is 11.6 Å². The predicted molar refractivity (Wildman–Crippen MR) is 111 cm³/mol. The Hall–Kier alpha value is -3.20. The number of aromatic nitrogens is 2. The Bertz CT molecular complexity index is 1050. The molecular weight excluding hydrogens is 410 g/mol. The largest absolute Gasteiger partial charge is 0.345 e. The number of amides is 2. The minimum atomic E-state index is -0.718. The Morgan fingerprint density at radius 3 is 2.53 bits per heavy atom. The molecule has 156 valence electrons. The Labute approximate surface area is 176 Å². The van der Waals surface area contributed by atoms with E-state index in [1.807, 2.05) is 11.6 Å². The van der Waals surface area contributed by atoms with Crippen LogP contribution in [0.2, 0.25) is 0 Å². The summed E-state index contributed by atoms with van der Waals surface area (Å²) < 4.78 is 28.7. The number of hydrogen-bond donors (Lipinski definition) is 2. The van der Waals surface area contributed by atoms with Crippen molar-refractivity contribution >= 4 is 29.3 Å². The monoisotopic (exact) mass is 430 g/mol. The van der Waals surface area contributed by atoms with E-state index in [1.54, 1.807) is 43.6 Å². The molecule has 0 radical (unpaired) electrons. The first-order valence-electron chi connectivity index (χ1n) is 9.09. The van der Waals surface area contributed by atoms with Crippen LogP contribution in [-0.2, 0) is 11.8 Å². The number of thioether (sulfide) groups is 1. The molecule has 2 aromatic carbocycles. The van der Waals surface area contributed by atoms with Crippen LogP contribution in [0.1, 0.15) is 28.9 Å². The second-order valence-corrected chi connectivity index (χ2v) is 7.54. The van der Waals surface area contributed by atoms with Crippen LogP contribution in [0, 0.1) is 11.6 Å². The number of halogens is 2. The number of carbonyl (C=O) groups excluding carboxylic acids is 2. The van der Waals surface area contributed by atoms with Crippen LogP contribution in [-0.4, -0.2) is 27.1 Å². The molecule has 30 heavy (non-hydrogen) atoms. The highest BCUT2D eigenvalue weighted by Crippen LogP contribution is 2.19. The molecule has 0 saturated heterocycles. The molecule has 1 atom stereocenters. The van der Waals surface area contributed by atoms with E-state index in [1.165, 1.54) is 17.8 Å². The zero-order chi connectivity index (χ0) is 21.7. The molecule has 0 fully saturated rings. The smallest absolute Gasteiger partial charge is 0.251 e. The molecule has 9 heteroatoms.